The van der Waals surface area contributed by atoms with Crippen LogP contribution < -0.4 is 4.74 Å². The molecular formula is C19H23Cl2N3O2. The number of amides is 1. The Bertz CT molecular complexity index is 692. The zero-order valence-electron chi connectivity index (χ0n) is 14.5. The summed E-state index contributed by atoms with van der Waals surface area (Å²) >= 11 is 6.04. The number of halogens is 2. The molecule has 0 saturated carbocycles. The lowest BCUT2D eigenvalue weighted by Crippen LogP contribution is -2.50. The van der Waals surface area contributed by atoms with Crippen LogP contribution in [0.2, 0.25) is 5.02 Å². The van der Waals surface area contributed by atoms with Gasteiger partial charge < -0.3 is 9.64 Å². The Balaban J connectivity index is 0.00000243. The number of hydrogen-bond donors (Lipinski definition) is 0. The van der Waals surface area contributed by atoms with E-state index in [1.807, 2.05) is 41.6 Å². The second kappa shape index (κ2) is 10.4. The Morgan fingerprint density at radius 1 is 1.08 bits per heavy atom. The van der Waals surface area contributed by atoms with Crippen molar-refractivity contribution < 1.29 is 9.53 Å². The standard InChI is InChI=1S/C19H22ClN3O2.ClH/c20-17-3-1-2-4-18(17)25-15-19(24)23-13-11-22(12-14-23)10-7-16-5-8-21-9-6-16;/h1-6,8-9H,7,10-15H2;1H. The molecule has 0 spiro atoms. The summed E-state index contributed by atoms with van der Waals surface area (Å²) in [5, 5.41) is 0.524. The summed E-state index contributed by atoms with van der Waals surface area (Å²) in [6, 6.07) is 11.3. The van der Waals surface area contributed by atoms with E-state index in [1.165, 1.54) is 5.56 Å². The maximum atomic E-state index is 12.3. The van der Waals surface area contributed by atoms with Crippen LogP contribution in [0.3, 0.4) is 0 Å². The molecule has 0 bridgehead atoms. The van der Waals surface area contributed by atoms with E-state index in [0.29, 0.717) is 10.8 Å². The fourth-order valence-electron chi connectivity index (χ4n) is 2.85. The number of pyridine rings is 1. The topological polar surface area (TPSA) is 45.7 Å². The molecule has 1 aliphatic rings. The number of rotatable bonds is 6. The molecule has 0 radical (unpaired) electrons. The Morgan fingerprint density at radius 2 is 1.77 bits per heavy atom. The van der Waals surface area contributed by atoms with E-state index < -0.39 is 0 Å². The minimum absolute atomic E-state index is 0. The zero-order chi connectivity index (χ0) is 17.5. The first-order valence-corrected chi connectivity index (χ1v) is 8.86. The molecule has 2 aromatic rings. The second-order valence-corrected chi connectivity index (χ2v) is 6.45. The minimum atomic E-state index is 0. The van der Waals surface area contributed by atoms with Crippen molar-refractivity contribution >= 4 is 29.9 Å². The maximum absolute atomic E-state index is 12.3. The molecule has 1 saturated heterocycles. The first-order chi connectivity index (χ1) is 12.2. The SMILES string of the molecule is Cl.O=C(COc1ccccc1Cl)N1CCN(CCc2ccncc2)CC1. The van der Waals surface area contributed by atoms with Crippen molar-refractivity contribution in [3.05, 3.63) is 59.4 Å². The molecule has 3 rings (SSSR count). The van der Waals surface area contributed by atoms with Gasteiger partial charge in [-0.05, 0) is 36.2 Å². The van der Waals surface area contributed by atoms with Gasteiger partial charge in [-0.25, -0.2) is 0 Å². The summed E-state index contributed by atoms with van der Waals surface area (Å²) in [6.07, 6.45) is 4.65. The molecule has 0 aliphatic carbocycles. The smallest absolute Gasteiger partial charge is 0.260 e. The van der Waals surface area contributed by atoms with Gasteiger partial charge in [0.05, 0.1) is 5.02 Å². The molecule has 5 nitrogen and oxygen atoms in total. The lowest BCUT2D eigenvalue weighted by atomic mass is 10.2. The van der Waals surface area contributed by atoms with E-state index >= 15 is 0 Å². The van der Waals surface area contributed by atoms with Gasteiger partial charge in [0.2, 0.25) is 0 Å². The third kappa shape index (κ3) is 5.87. The third-order valence-electron chi connectivity index (χ3n) is 4.38. The van der Waals surface area contributed by atoms with Gasteiger partial charge in [-0.15, -0.1) is 12.4 Å². The number of nitrogens with zero attached hydrogens (tertiary/aromatic N) is 3. The Morgan fingerprint density at radius 3 is 2.46 bits per heavy atom. The largest absolute Gasteiger partial charge is 0.482 e. The molecule has 1 aromatic heterocycles. The van der Waals surface area contributed by atoms with Gasteiger partial charge in [0.15, 0.2) is 6.61 Å². The first-order valence-electron chi connectivity index (χ1n) is 8.49. The molecule has 1 aliphatic heterocycles. The average Bonchev–Trinajstić information content (AvgIpc) is 2.67. The van der Waals surface area contributed by atoms with Crippen LogP contribution in [-0.2, 0) is 11.2 Å². The fourth-order valence-corrected chi connectivity index (χ4v) is 3.04. The van der Waals surface area contributed by atoms with Crippen LogP contribution in [0.4, 0.5) is 0 Å². The van der Waals surface area contributed by atoms with Gasteiger partial charge in [0.25, 0.3) is 5.91 Å². The van der Waals surface area contributed by atoms with Crippen molar-refractivity contribution in [1.82, 2.24) is 14.8 Å². The predicted octanol–water partition coefficient (Wildman–Crippen LogP) is 2.92. The summed E-state index contributed by atoms with van der Waals surface area (Å²) in [5.74, 6) is 0.558. The fraction of sp³-hybridized carbons (Fsp3) is 0.368. The average molecular weight is 396 g/mol. The number of benzene rings is 1. The van der Waals surface area contributed by atoms with E-state index in [4.69, 9.17) is 16.3 Å². The number of carbonyl (C=O) groups excluding carboxylic acids is 1. The van der Waals surface area contributed by atoms with Crippen LogP contribution in [0.25, 0.3) is 0 Å². The lowest BCUT2D eigenvalue weighted by Gasteiger charge is -2.34. The summed E-state index contributed by atoms with van der Waals surface area (Å²) in [5.41, 5.74) is 1.29. The molecule has 1 aromatic carbocycles. The van der Waals surface area contributed by atoms with Crippen LogP contribution in [0.5, 0.6) is 5.75 Å². The summed E-state index contributed by atoms with van der Waals surface area (Å²) < 4.78 is 5.54. The number of para-hydroxylation sites is 1. The van der Waals surface area contributed by atoms with E-state index in [9.17, 15) is 4.79 Å². The summed E-state index contributed by atoms with van der Waals surface area (Å²) in [4.78, 5) is 20.6. The molecule has 140 valence electrons. The number of piperazine rings is 1. The highest BCUT2D eigenvalue weighted by Crippen LogP contribution is 2.23. The van der Waals surface area contributed by atoms with E-state index in [0.717, 1.165) is 39.1 Å². The minimum Gasteiger partial charge on any atom is -0.482 e. The van der Waals surface area contributed by atoms with Crippen molar-refractivity contribution in [1.29, 1.82) is 0 Å². The van der Waals surface area contributed by atoms with Crippen LogP contribution in [0.1, 0.15) is 5.56 Å². The van der Waals surface area contributed by atoms with Crippen LogP contribution >= 0.6 is 24.0 Å². The molecule has 1 amide bonds. The second-order valence-electron chi connectivity index (χ2n) is 6.05. The van der Waals surface area contributed by atoms with E-state index in [2.05, 4.69) is 9.88 Å². The maximum Gasteiger partial charge on any atom is 0.260 e. The Kier molecular flexibility index (Phi) is 8.16. The van der Waals surface area contributed by atoms with Gasteiger partial charge in [-0.3, -0.25) is 14.7 Å². The lowest BCUT2D eigenvalue weighted by molar-refractivity contribution is -0.135. The van der Waals surface area contributed by atoms with Crippen molar-refractivity contribution in [2.45, 2.75) is 6.42 Å². The monoisotopic (exact) mass is 395 g/mol. The van der Waals surface area contributed by atoms with Gasteiger partial charge in [-0.2, -0.15) is 0 Å². The highest BCUT2D eigenvalue weighted by atomic mass is 35.5. The molecule has 2 heterocycles. The summed E-state index contributed by atoms with van der Waals surface area (Å²) in [7, 11) is 0. The quantitative estimate of drug-likeness (QED) is 0.754. The predicted molar refractivity (Wildman–Crippen MR) is 105 cm³/mol. The molecule has 0 N–H and O–H groups in total. The Labute approximate surface area is 165 Å². The van der Waals surface area contributed by atoms with Gasteiger partial charge >= 0.3 is 0 Å². The van der Waals surface area contributed by atoms with Crippen molar-refractivity contribution in [3.63, 3.8) is 0 Å². The number of ether oxygens (including phenoxy) is 1. The van der Waals surface area contributed by atoms with Crippen LogP contribution in [0, 0.1) is 0 Å². The van der Waals surface area contributed by atoms with Crippen molar-refractivity contribution in [2.24, 2.45) is 0 Å². The molecule has 0 unspecified atom stereocenters. The number of aromatic nitrogens is 1. The third-order valence-corrected chi connectivity index (χ3v) is 4.69. The van der Waals surface area contributed by atoms with Crippen molar-refractivity contribution in [3.8, 4) is 5.75 Å². The number of carbonyl (C=O) groups is 1. The normalized spacial score (nSPS) is 14.6. The highest BCUT2D eigenvalue weighted by molar-refractivity contribution is 6.32. The van der Waals surface area contributed by atoms with Crippen LogP contribution in [-0.4, -0.2) is 60.0 Å². The first kappa shape index (κ1) is 20.5. The molecule has 7 heteroatoms. The van der Waals surface area contributed by atoms with Crippen LogP contribution in [0.15, 0.2) is 48.8 Å². The van der Waals surface area contributed by atoms with E-state index in [-0.39, 0.29) is 24.9 Å². The molecule has 0 atom stereocenters. The molecular weight excluding hydrogens is 373 g/mol. The zero-order valence-corrected chi connectivity index (χ0v) is 16.1. The van der Waals surface area contributed by atoms with E-state index in [1.54, 1.807) is 12.1 Å². The number of hydrogen-bond acceptors (Lipinski definition) is 4. The van der Waals surface area contributed by atoms with Crippen molar-refractivity contribution in [2.75, 3.05) is 39.3 Å². The Hall–Kier alpha value is -1.82. The molecule has 26 heavy (non-hydrogen) atoms. The van der Waals surface area contributed by atoms with Gasteiger partial charge in [-0.1, -0.05) is 23.7 Å². The van der Waals surface area contributed by atoms with Gasteiger partial charge in [0, 0.05) is 45.1 Å². The van der Waals surface area contributed by atoms with Gasteiger partial charge in [0.1, 0.15) is 5.75 Å². The highest BCUT2D eigenvalue weighted by Gasteiger charge is 2.21. The summed E-state index contributed by atoms with van der Waals surface area (Å²) in [6.45, 7) is 4.29. The molecule has 1 fully saturated rings.